The molecule has 1 unspecified atom stereocenters. The second-order valence-electron chi connectivity index (χ2n) is 7.20. The number of amides is 2. The van der Waals surface area contributed by atoms with Crippen LogP contribution in [0.15, 0.2) is 36.4 Å². The molecule has 1 fully saturated rings. The molecular formula is C21H29N7O. The second kappa shape index (κ2) is 11.0. The molecule has 1 atom stereocenters. The molecule has 1 saturated heterocycles. The van der Waals surface area contributed by atoms with Crippen molar-refractivity contribution in [1.29, 1.82) is 5.26 Å². The predicted octanol–water partition coefficient (Wildman–Crippen LogP) is 2.71. The summed E-state index contributed by atoms with van der Waals surface area (Å²) in [5.41, 5.74) is 2.32. The molecular weight excluding hydrogens is 366 g/mol. The largest absolute Gasteiger partial charge is 0.353 e. The Balaban J connectivity index is 0.000000941. The van der Waals surface area contributed by atoms with E-state index in [-0.39, 0.29) is 12.1 Å². The molecule has 1 aliphatic rings. The van der Waals surface area contributed by atoms with E-state index in [1.165, 1.54) is 5.56 Å². The predicted molar refractivity (Wildman–Crippen MR) is 115 cm³/mol. The van der Waals surface area contributed by atoms with Gasteiger partial charge in [0.1, 0.15) is 6.07 Å². The molecule has 0 saturated carbocycles. The minimum Gasteiger partial charge on any atom is -0.353 e. The van der Waals surface area contributed by atoms with Gasteiger partial charge in [0, 0.05) is 24.8 Å². The number of benzene rings is 1. The molecule has 29 heavy (non-hydrogen) atoms. The average molecular weight is 396 g/mol. The van der Waals surface area contributed by atoms with Crippen LogP contribution in [0.3, 0.4) is 0 Å². The third-order valence-corrected chi connectivity index (χ3v) is 4.45. The normalized spacial score (nSPS) is 15.3. The van der Waals surface area contributed by atoms with Crippen molar-refractivity contribution in [1.82, 2.24) is 20.8 Å². The van der Waals surface area contributed by atoms with E-state index in [9.17, 15) is 4.79 Å². The second-order valence-corrected chi connectivity index (χ2v) is 7.20. The van der Waals surface area contributed by atoms with Crippen molar-refractivity contribution in [3.05, 3.63) is 47.7 Å². The molecule has 0 bridgehead atoms. The fraction of sp³-hybridized carbons (Fsp3) is 0.429. The van der Waals surface area contributed by atoms with Gasteiger partial charge in [0.15, 0.2) is 11.5 Å². The van der Waals surface area contributed by atoms with E-state index in [1.807, 2.05) is 44.4 Å². The molecule has 8 nitrogen and oxygen atoms in total. The Morgan fingerprint density at radius 1 is 1.17 bits per heavy atom. The molecule has 1 aromatic carbocycles. The highest BCUT2D eigenvalue weighted by molar-refractivity contribution is 5.89. The van der Waals surface area contributed by atoms with Crippen LogP contribution in [0.1, 0.15) is 37.4 Å². The van der Waals surface area contributed by atoms with Crippen molar-refractivity contribution in [2.45, 2.75) is 32.2 Å². The monoisotopic (exact) mass is 395 g/mol. The number of nitrogens with one attached hydrogen (secondary N) is 3. The van der Waals surface area contributed by atoms with Gasteiger partial charge in [-0.15, -0.1) is 10.2 Å². The number of carbonyl (C=O) groups is 1. The fourth-order valence-corrected chi connectivity index (χ4v) is 2.94. The van der Waals surface area contributed by atoms with Crippen molar-refractivity contribution < 1.29 is 4.79 Å². The van der Waals surface area contributed by atoms with Crippen molar-refractivity contribution in [2.75, 3.05) is 37.4 Å². The first-order valence-corrected chi connectivity index (χ1v) is 9.71. The van der Waals surface area contributed by atoms with Gasteiger partial charge in [0.25, 0.3) is 0 Å². The van der Waals surface area contributed by atoms with Gasteiger partial charge in [-0.25, -0.2) is 4.79 Å². The van der Waals surface area contributed by atoms with Gasteiger partial charge in [0.05, 0.1) is 0 Å². The lowest BCUT2D eigenvalue weighted by Crippen LogP contribution is -2.39. The van der Waals surface area contributed by atoms with Crippen molar-refractivity contribution in [3.8, 4) is 6.07 Å². The lowest BCUT2D eigenvalue weighted by molar-refractivity contribution is 0.249. The highest BCUT2D eigenvalue weighted by atomic mass is 16.2. The Bertz CT molecular complexity index is 812. The molecule has 0 radical (unpaired) electrons. The van der Waals surface area contributed by atoms with Crippen LogP contribution in [0, 0.1) is 11.3 Å². The maximum atomic E-state index is 12.2. The SMILES string of the molecule is CC(C)c1ccc(NC(=O)NC2CCN(c3ccc(C#N)nn3)C2)cc1.CNC. The van der Waals surface area contributed by atoms with Crippen molar-refractivity contribution in [2.24, 2.45) is 0 Å². The summed E-state index contributed by atoms with van der Waals surface area (Å²) in [6.07, 6.45) is 0.835. The first kappa shape index (κ1) is 22.1. The number of hydrogen-bond donors (Lipinski definition) is 3. The van der Waals surface area contributed by atoms with Crippen LogP contribution in [0.5, 0.6) is 0 Å². The summed E-state index contributed by atoms with van der Waals surface area (Å²) in [5.74, 6) is 1.19. The summed E-state index contributed by atoms with van der Waals surface area (Å²) in [6, 6.07) is 13.1. The number of aromatic nitrogens is 2. The minimum atomic E-state index is -0.208. The van der Waals surface area contributed by atoms with E-state index in [1.54, 1.807) is 12.1 Å². The van der Waals surface area contributed by atoms with E-state index in [4.69, 9.17) is 5.26 Å². The third-order valence-electron chi connectivity index (χ3n) is 4.45. The maximum Gasteiger partial charge on any atom is 0.319 e. The smallest absolute Gasteiger partial charge is 0.319 e. The molecule has 1 aliphatic heterocycles. The van der Waals surface area contributed by atoms with E-state index >= 15 is 0 Å². The molecule has 154 valence electrons. The topological polar surface area (TPSA) is 106 Å². The molecule has 0 spiro atoms. The number of carbonyl (C=O) groups excluding carboxylic acids is 1. The van der Waals surface area contributed by atoms with Gasteiger partial charge in [-0.05, 0) is 56.3 Å². The van der Waals surface area contributed by atoms with E-state index in [2.05, 4.69) is 44.9 Å². The highest BCUT2D eigenvalue weighted by Gasteiger charge is 2.25. The van der Waals surface area contributed by atoms with Crippen molar-refractivity contribution in [3.63, 3.8) is 0 Å². The van der Waals surface area contributed by atoms with Crippen LogP contribution in [-0.4, -0.2) is 49.5 Å². The van der Waals surface area contributed by atoms with Gasteiger partial charge in [-0.3, -0.25) is 0 Å². The molecule has 0 aliphatic carbocycles. The number of hydrogen-bond acceptors (Lipinski definition) is 6. The van der Waals surface area contributed by atoms with Crippen LogP contribution in [-0.2, 0) is 0 Å². The summed E-state index contributed by atoms with van der Waals surface area (Å²) >= 11 is 0. The molecule has 1 aromatic heterocycles. The Morgan fingerprint density at radius 2 is 1.86 bits per heavy atom. The minimum absolute atomic E-state index is 0.0439. The van der Waals surface area contributed by atoms with Crippen LogP contribution in [0.2, 0.25) is 0 Å². The zero-order valence-electron chi connectivity index (χ0n) is 17.4. The third kappa shape index (κ3) is 6.73. The van der Waals surface area contributed by atoms with E-state index in [0.29, 0.717) is 18.2 Å². The Labute approximate surface area is 172 Å². The molecule has 2 heterocycles. The van der Waals surface area contributed by atoms with Crippen LogP contribution < -0.4 is 20.9 Å². The highest BCUT2D eigenvalue weighted by Crippen LogP contribution is 2.19. The number of urea groups is 1. The van der Waals surface area contributed by atoms with E-state index < -0.39 is 0 Å². The van der Waals surface area contributed by atoms with Gasteiger partial charge in [-0.1, -0.05) is 26.0 Å². The lowest BCUT2D eigenvalue weighted by Gasteiger charge is -2.17. The number of nitrogens with zero attached hydrogens (tertiary/aromatic N) is 4. The Morgan fingerprint density at radius 3 is 2.41 bits per heavy atom. The van der Waals surface area contributed by atoms with E-state index in [0.717, 1.165) is 24.5 Å². The summed E-state index contributed by atoms with van der Waals surface area (Å²) in [6.45, 7) is 5.73. The van der Waals surface area contributed by atoms with Gasteiger partial charge < -0.3 is 20.9 Å². The van der Waals surface area contributed by atoms with Crippen molar-refractivity contribution >= 4 is 17.5 Å². The summed E-state index contributed by atoms with van der Waals surface area (Å²) in [4.78, 5) is 14.3. The molecule has 3 N–H and O–H groups in total. The Hall–Kier alpha value is -3.18. The lowest BCUT2D eigenvalue weighted by atomic mass is 10.0. The zero-order valence-corrected chi connectivity index (χ0v) is 17.4. The maximum absolute atomic E-state index is 12.2. The zero-order chi connectivity index (χ0) is 21.2. The van der Waals surface area contributed by atoms with Gasteiger partial charge in [0.2, 0.25) is 0 Å². The molecule has 2 amide bonds. The standard InChI is InChI=1S/C19H22N6O.C2H7N/c1-13(2)14-3-5-15(6-4-14)21-19(26)22-17-9-10-25(12-17)18-8-7-16(11-20)23-24-18;1-3-2/h3-8,13,17H,9-10,12H2,1-2H3,(H2,21,22,26);3H,1-2H3. The molecule has 3 rings (SSSR count). The fourth-order valence-electron chi connectivity index (χ4n) is 2.94. The number of nitriles is 1. The first-order chi connectivity index (χ1) is 14.0. The number of rotatable bonds is 4. The summed E-state index contributed by atoms with van der Waals surface area (Å²) in [7, 11) is 3.75. The summed E-state index contributed by atoms with van der Waals surface area (Å²) in [5, 5.41) is 25.3. The first-order valence-electron chi connectivity index (χ1n) is 9.71. The average Bonchev–Trinajstić information content (AvgIpc) is 3.17. The van der Waals surface area contributed by atoms with Gasteiger partial charge >= 0.3 is 6.03 Å². The van der Waals surface area contributed by atoms with Gasteiger partial charge in [-0.2, -0.15) is 5.26 Å². The molecule has 2 aromatic rings. The quantitative estimate of drug-likeness (QED) is 0.735. The Kier molecular flexibility index (Phi) is 8.37. The van der Waals surface area contributed by atoms with Crippen LogP contribution >= 0.6 is 0 Å². The van der Waals surface area contributed by atoms with Crippen LogP contribution in [0.25, 0.3) is 0 Å². The van der Waals surface area contributed by atoms with Crippen LogP contribution in [0.4, 0.5) is 16.3 Å². The summed E-state index contributed by atoms with van der Waals surface area (Å²) < 4.78 is 0. The molecule has 8 heteroatoms. The number of anilines is 2.